The van der Waals surface area contributed by atoms with Gasteiger partial charge in [-0.25, -0.2) is 4.68 Å². The van der Waals surface area contributed by atoms with Gasteiger partial charge in [-0.3, -0.25) is 9.59 Å². The fraction of sp³-hybridized carbons (Fsp3) is 0.412. The van der Waals surface area contributed by atoms with Crippen LogP contribution in [0.2, 0.25) is 0 Å². The molecule has 1 amide bonds. The number of aromatic nitrogens is 3. The zero-order chi connectivity index (χ0) is 29.4. The third-order valence-corrected chi connectivity index (χ3v) is 8.92. The first-order chi connectivity index (χ1) is 20.3. The normalized spacial score (nSPS) is 17.7. The summed E-state index contributed by atoms with van der Waals surface area (Å²) in [7, 11) is 0. The molecule has 3 aromatic carbocycles. The summed E-state index contributed by atoms with van der Waals surface area (Å²) in [4.78, 5) is 27.8. The molecule has 1 N–H and O–H groups in total. The highest BCUT2D eigenvalue weighted by atomic mass is 16.5. The summed E-state index contributed by atoms with van der Waals surface area (Å²) in [6.45, 7) is 8.54. The largest absolute Gasteiger partial charge is 0.494 e. The highest BCUT2D eigenvalue weighted by Gasteiger charge is 2.27. The Hall–Kier alpha value is -4.20. The lowest BCUT2D eigenvalue weighted by molar-refractivity contribution is -0.137. The number of amides is 1. The molecule has 1 atom stereocenters. The molecule has 6 heterocycles. The summed E-state index contributed by atoms with van der Waals surface area (Å²) in [6.07, 6.45) is 4.78. The van der Waals surface area contributed by atoms with Gasteiger partial charge in [0.1, 0.15) is 11.3 Å². The third kappa shape index (κ3) is 5.38. The van der Waals surface area contributed by atoms with Gasteiger partial charge < -0.3 is 14.7 Å². The van der Waals surface area contributed by atoms with E-state index in [9.17, 15) is 14.7 Å². The number of ether oxygens (including phenoxy) is 1. The molecule has 0 radical (unpaired) electrons. The zero-order valence-electron chi connectivity index (χ0n) is 24.7. The van der Waals surface area contributed by atoms with E-state index in [4.69, 9.17) is 4.74 Å². The molecule has 4 aromatic rings. The first-order valence-corrected chi connectivity index (χ1v) is 15.0. The first kappa shape index (κ1) is 27.9. The SMILES string of the molecule is Cc1cc2cc(C)c1C(=O)N1CCc3ccc(cc3C1)C(CC(=O)O)c1ccc3c(nnn3CCCCCCO2)c1C. The first-order valence-electron chi connectivity index (χ1n) is 15.0. The minimum Gasteiger partial charge on any atom is -0.494 e. The van der Waals surface area contributed by atoms with Gasteiger partial charge in [0.2, 0.25) is 0 Å². The maximum absolute atomic E-state index is 13.8. The number of carboxylic acids is 1. The fourth-order valence-corrected chi connectivity index (χ4v) is 6.68. The van der Waals surface area contributed by atoms with E-state index in [1.54, 1.807) is 0 Å². The lowest BCUT2D eigenvalue weighted by Crippen LogP contribution is -2.36. The van der Waals surface area contributed by atoms with E-state index in [2.05, 4.69) is 28.5 Å². The van der Waals surface area contributed by atoms with Crippen LogP contribution in [0.5, 0.6) is 5.75 Å². The Bertz CT molecular complexity index is 1650. The number of aryl methyl sites for hydroxylation is 4. The Labute approximate surface area is 246 Å². The molecule has 218 valence electrons. The number of aliphatic carboxylic acids is 1. The molecule has 0 spiro atoms. The van der Waals surface area contributed by atoms with Crippen LogP contribution >= 0.6 is 0 Å². The van der Waals surface area contributed by atoms with Crippen molar-refractivity contribution in [3.05, 3.63) is 87.0 Å². The Balaban J connectivity index is 1.41. The van der Waals surface area contributed by atoms with E-state index >= 15 is 0 Å². The number of nitrogens with zero attached hydrogens (tertiary/aromatic N) is 4. The van der Waals surface area contributed by atoms with Crippen molar-refractivity contribution in [2.45, 2.75) is 78.3 Å². The van der Waals surface area contributed by atoms with E-state index < -0.39 is 5.97 Å². The van der Waals surface area contributed by atoms with Crippen LogP contribution in [-0.2, 0) is 24.3 Å². The zero-order valence-corrected chi connectivity index (χ0v) is 24.7. The monoisotopic (exact) mass is 566 g/mol. The van der Waals surface area contributed by atoms with Gasteiger partial charge in [0.05, 0.1) is 18.5 Å². The summed E-state index contributed by atoms with van der Waals surface area (Å²) in [6, 6.07) is 14.3. The molecule has 1 aromatic heterocycles. The number of carbonyl (C=O) groups excluding carboxylic acids is 1. The number of carbonyl (C=O) groups is 2. The average molecular weight is 567 g/mol. The predicted octanol–water partition coefficient (Wildman–Crippen LogP) is 6.11. The van der Waals surface area contributed by atoms with Crippen LogP contribution in [0.3, 0.4) is 0 Å². The Morgan fingerprint density at radius 2 is 1.76 bits per heavy atom. The van der Waals surface area contributed by atoms with E-state index in [0.29, 0.717) is 19.7 Å². The van der Waals surface area contributed by atoms with Crippen molar-refractivity contribution in [1.82, 2.24) is 19.9 Å². The van der Waals surface area contributed by atoms with Gasteiger partial charge in [0.25, 0.3) is 5.91 Å². The summed E-state index contributed by atoms with van der Waals surface area (Å²) >= 11 is 0. The smallest absolute Gasteiger partial charge is 0.304 e. The minimum absolute atomic E-state index is 0.0254. The van der Waals surface area contributed by atoms with Crippen LogP contribution in [0.4, 0.5) is 0 Å². The number of hydrogen-bond acceptors (Lipinski definition) is 5. The Morgan fingerprint density at radius 1 is 0.976 bits per heavy atom. The van der Waals surface area contributed by atoms with Gasteiger partial charge in [-0.2, -0.15) is 0 Å². The third-order valence-electron chi connectivity index (χ3n) is 8.92. The van der Waals surface area contributed by atoms with E-state index in [0.717, 1.165) is 94.4 Å². The molecule has 8 heteroatoms. The predicted molar refractivity (Wildman–Crippen MR) is 161 cm³/mol. The molecule has 5 aliphatic heterocycles. The summed E-state index contributed by atoms with van der Waals surface area (Å²) < 4.78 is 8.04. The molecule has 8 nitrogen and oxygen atoms in total. The number of rotatable bonds is 2. The van der Waals surface area contributed by atoms with Crippen LogP contribution in [0.15, 0.2) is 42.5 Å². The Morgan fingerprint density at radius 3 is 2.55 bits per heavy atom. The van der Waals surface area contributed by atoms with Crippen molar-refractivity contribution in [3.8, 4) is 5.75 Å². The maximum atomic E-state index is 13.8. The molecule has 9 bridgehead atoms. The van der Waals surface area contributed by atoms with Crippen LogP contribution in [0.25, 0.3) is 11.0 Å². The molecule has 0 saturated heterocycles. The van der Waals surface area contributed by atoms with E-state index in [-0.39, 0.29) is 18.2 Å². The van der Waals surface area contributed by atoms with Gasteiger partial charge >= 0.3 is 5.97 Å². The van der Waals surface area contributed by atoms with Crippen LogP contribution < -0.4 is 4.74 Å². The summed E-state index contributed by atoms with van der Waals surface area (Å²) in [5.74, 6) is -0.361. The fourth-order valence-electron chi connectivity index (χ4n) is 6.68. The van der Waals surface area contributed by atoms with Gasteiger partial charge in [-0.05, 0) is 104 Å². The quantitative estimate of drug-likeness (QED) is 0.314. The second-order valence-corrected chi connectivity index (χ2v) is 11.8. The standard InChI is InChI=1S/C34H38N4O4/c1-21-16-27-17-22(2)32(21)34(41)37-14-12-24-8-9-25(18-26(24)20-37)29(19-31(39)40)28-10-11-30-33(23(28)3)35-36-38(30)13-6-4-5-7-15-42-27/h8-11,16-18,29H,4-7,12-15,19-20H2,1-3H3,(H,39,40). The number of benzene rings is 3. The Kier molecular flexibility index (Phi) is 7.71. The lowest BCUT2D eigenvalue weighted by Gasteiger charge is -2.31. The average Bonchev–Trinajstić information content (AvgIpc) is 3.38. The van der Waals surface area contributed by atoms with Gasteiger partial charge in [-0.1, -0.05) is 35.9 Å². The molecule has 9 rings (SSSR count). The van der Waals surface area contributed by atoms with E-state index in [1.165, 1.54) is 5.56 Å². The highest BCUT2D eigenvalue weighted by molar-refractivity contribution is 5.97. The minimum atomic E-state index is -0.853. The van der Waals surface area contributed by atoms with Crippen LogP contribution in [-0.4, -0.2) is 50.0 Å². The van der Waals surface area contributed by atoms with Gasteiger partial charge in [0.15, 0.2) is 0 Å². The highest BCUT2D eigenvalue weighted by Crippen LogP contribution is 2.36. The van der Waals surface area contributed by atoms with Gasteiger partial charge in [0, 0.05) is 31.1 Å². The molecule has 0 fully saturated rings. The van der Waals surface area contributed by atoms with Gasteiger partial charge in [-0.15, -0.1) is 5.10 Å². The maximum Gasteiger partial charge on any atom is 0.304 e. The van der Waals surface area contributed by atoms with Crippen molar-refractivity contribution in [1.29, 1.82) is 0 Å². The molecule has 42 heavy (non-hydrogen) atoms. The second-order valence-electron chi connectivity index (χ2n) is 11.8. The number of carboxylic acid groups (broad SMARTS) is 1. The van der Waals surface area contributed by atoms with Crippen molar-refractivity contribution in [2.24, 2.45) is 0 Å². The van der Waals surface area contributed by atoms with Crippen molar-refractivity contribution in [2.75, 3.05) is 13.2 Å². The summed E-state index contributed by atoms with van der Waals surface area (Å²) in [5.41, 5.74) is 9.50. The summed E-state index contributed by atoms with van der Waals surface area (Å²) in [5, 5.41) is 18.9. The van der Waals surface area contributed by atoms with Crippen molar-refractivity contribution >= 4 is 22.9 Å². The molecular formula is C34H38N4O4. The lowest BCUT2D eigenvalue weighted by atomic mass is 9.83. The molecule has 5 aliphatic rings. The molecule has 0 saturated carbocycles. The molecule has 1 unspecified atom stereocenters. The topological polar surface area (TPSA) is 97.5 Å². The number of hydrogen-bond donors (Lipinski definition) is 1. The van der Waals surface area contributed by atoms with Crippen molar-refractivity contribution in [3.63, 3.8) is 0 Å². The second kappa shape index (κ2) is 11.6. The molecule has 0 aliphatic carbocycles. The molecular weight excluding hydrogens is 528 g/mol. The van der Waals surface area contributed by atoms with E-state index in [1.807, 2.05) is 54.6 Å². The van der Waals surface area contributed by atoms with Crippen molar-refractivity contribution < 1.29 is 19.4 Å². The van der Waals surface area contributed by atoms with Crippen LogP contribution in [0.1, 0.15) is 87.3 Å². The van der Waals surface area contributed by atoms with Crippen LogP contribution in [0, 0.1) is 20.8 Å².